The smallest absolute Gasteiger partial charge is 0.401 e. The third kappa shape index (κ3) is 8.19. The molecule has 2 N–H and O–H groups in total. The number of carboxylic acid groups (broad SMARTS) is 1. The lowest BCUT2D eigenvalue weighted by atomic mass is 10.2. The fraction of sp³-hybridized carbons (Fsp3) is 0.875. The molecule has 0 aromatic heterocycles. The Bertz CT molecular complexity index is 208. The Kier molecular flexibility index (Phi) is 5.59. The van der Waals surface area contributed by atoms with Crippen LogP contribution in [0.15, 0.2) is 0 Å². The van der Waals surface area contributed by atoms with Crippen LogP contribution >= 0.6 is 0 Å². The Morgan fingerprint density at radius 3 is 2.33 bits per heavy atom. The first kappa shape index (κ1) is 14.2. The number of aliphatic hydroxyl groups excluding tert-OH is 1. The summed E-state index contributed by atoms with van der Waals surface area (Å²) in [5, 5.41) is 17.1. The molecule has 0 bridgehead atoms. The van der Waals surface area contributed by atoms with Crippen LogP contribution < -0.4 is 0 Å². The van der Waals surface area contributed by atoms with Crippen LogP contribution in [0, 0.1) is 5.92 Å². The number of aliphatic carboxylic acids is 1. The Morgan fingerprint density at radius 2 is 2.00 bits per heavy atom. The van der Waals surface area contributed by atoms with Crippen molar-refractivity contribution in [3.63, 3.8) is 0 Å². The predicted octanol–water partition coefficient (Wildman–Crippen LogP) is 0.564. The highest BCUT2D eigenvalue weighted by Gasteiger charge is 2.31. The van der Waals surface area contributed by atoms with Crippen molar-refractivity contribution < 1.29 is 28.2 Å². The van der Waals surface area contributed by atoms with Gasteiger partial charge in [0.05, 0.1) is 13.1 Å². The van der Waals surface area contributed by atoms with Gasteiger partial charge in [0.2, 0.25) is 0 Å². The van der Waals surface area contributed by atoms with Gasteiger partial charge in [0.15, 0.2) is 0 Å². The Labute approximate surface area is 85.3 Å². The van der Waals surface area contributed by atoms with Crippen LogP contribution in [0.3, 0.4) is 0 Å². The number of halogens is 3. The van der Waals surface area contributed by atoms with E-state index in [1.54, 1.807) is 6.92 Å². The summed E-state index contributed by atoms with van der Waals surface area (Å²) < 4.78 is 36.0. The minimum Gasteiger partial charge on any atom is -0.480 e. The molecule has 15 heavy (non-hydrogen) atoms. The van der Waals surface area contributed by atoms with Crippen molar-refractivity contribution >= 4 is 5.97 Å². The van der Waals surface area contributed by atoms with Crippen LogP contribution in [0.1, 0.15) is 6.92 Å². The van der Waals surface area contributed by atoms with E-state index in [-0.39, 0.29) is 19.1 Å². The molecule has 1 unspecified atom stereocenters. The van der Waals surface area contributed by atoms with E-state index in [0.717, 1.165) is 4.90 Å². The van der Waals surface area contributed by atoms with Crippen molar-refractivity contribution in [1.82, 2.24) is 4.90 Å². The molecule has 0 aliphatic carbocycles. The van der Waals surface area contributed by atoms with Crippen molar-refractivity contribution in [2.24, 2.45) is 5.92 Å². The molecule has 0 spiro atoms. The molecule has 1 atom stereocenters. The highest BCUT2D eigenvalue weighted by molar-refractivity contribution is 5.69. The van der Waals surface area contributed by atoms with E-state index in [4.69, 9.17) is 10.2 Å². The second-order valence-corrected chi connectivity index (χ2v) is 3.47. The molecule has 90 valence electrons. The average molecular weight is 229 g/mol. The molecule has 0 aliphatic heterocycles. The summed E-state index contributed by atoms with van der Waals surface area (Å²) in [6.45, 7) is -0.769. The third-order valence-electron chi connectivity index (χ3n) is 1.64. The van der Waals surface area contributed by atoms with Crippen LogP contribution in [0.2, 0.25) is 0 Å². The van der Waals surface area contributed by atoms with E-state index in [0.29, 0.717) is 0 Å². The van der Waals surface area contributed by atoms with Gasteiger partial charge in [0.1, 0.15) is 0 Å². The van der Waals surface area contributed by atoms with Gasteiger partial charge in [-0.15, -0.1) is 0 Å². The second kappa shape index (κ2) is 5.92. The molecule has 0 radical (unpaired) electrons. The molecule has 0 saturated heterocycles. The maximum absolute atomic E-state index is 12.0. The lowest BCUT2D eigenvalue weighted by Gasteiger charge is -2.24. The topological polar surface area (TPSA) is 60.8 Å². The fourth-order valence-corrected chi connectivity index (χ4v) is 1.13. The number of hydrogen-bond donors (Lipinski definition) is 2. The lowest BCUT2D eigenvalue weighted by molar-refractivity contribution is -0.155. The molecule has 4 nitrogen and oxygen atoms in total. The van der Waals surface area contributed by atoms with Gasteiger partial charge in [-0.3, -0.25) is 9.69 Å². The lowest BCUT2D eigenvalue weighted by Crippen LogP contribution is -2.40. The van der Waals surface area contributed by atoms with E-state index in [9.17, 15) is 18.0 Å². The van der Waals surface area contributed by atoms with Gasteiger partial charge in [-0.1, -0.05) is 6.92 Å². The maximum atomic E-state index is 12.0. The van der Waals surface area contributed by atoms with Crippen molar-refractivity contribution in [1.29, 1.82) is 0 Å². The Hall–Kier alpha value is -0.820. The molecule has 0 fully saturated rings. The van der Waals surface area contributed by atoms with Crippen LogP contribution in [-0.4, -0.2) is 53.5 Å². The van der Waals surface area contributed by atoms with Gasteiger partial charge in [-0.2, -0.15) is 13.2 Å². The highest BCUT2D eigenvalue weighted by Crippen LogP contribution is 2.17. The molecule has 0 aliphatic rings. The standard InChI is InChI=1S/C8H14F3NO3/c1-6(4-13)2-12(3-7(14)15)5-8(9,10)11/h6,13H,2-5H2,1H3,(H,14,15). The first-order valence-electron chi connectivity index (χ1n) is 4.36. The van der Waals surface area contributed by atoms with Crippen molar-refractivity contribution in [3.05, 3.63) is 0 Å². The van der Waals surface area contributed by atoms with Crippen molar-refractivity contribution in [3.8, 4) is 0 Å². The van der Waals surface area contributed by atoms with Gasteiger partial charge in [-0.25, -0.2) is 0 Å². The summed E-state index contributed by atoms with van der Waals surface area (Å²) >= 11 is 0. The zero-order chi connectivity index (χ0) is 12.1. The monoisotopic (exact) mass is 229 g/mol. The summed E-state index contributed by atoms with van der Waals surface area (Å²) in [7, 11) is 0. The van der Waals surface area contributed by atoms with Gasteiger partial charge in [-0.05, 0) is 5.92 Å². The van der Waals surface area contributed by atoms with Crippen LogP contribution in [-0.2, 0) is 4.79 Å². The van der Waals surface area contributed by atoms with Crippen molar-refractivity contribution in [2.45, 2.75) is 13.1 Å². The number of hydrogen-bond acceptors (Lipinski definition) is 3. The first-order valence-corrected chi connectivity index (χ1v) is 4.36. The Morgan fingerprint density at radius 1 is 1.47 bits per heavy atom. The van der Waals surface area contributed by atoms with Gasteiger partial charge < -0.3 is 10.2 Å². The predicted molar refractivity (Wildman–Crippen MR) is 46.4 cm³/mol. The third-order valence-corrected chi connectivity index (χ3v) is 1.64. The van der Waals surface area contributed by atoms with E-state index < -0.39 is 25.2 Å². The van der Waals surface area contributed by atoms with E-state index in [1.807, 2.05) is 0 Å². The number of alkyl halides is 3. The maximum Gasteiger partial charge on any atom is 0.401 e. The number of carboxylic acids is 1. The van der Waals surface area contributed by atoms with Crippen LogP contribution in [0.25, 0.3) is 0 Å². The quantitative estimate of drug-likeness (QED) is 0.698. The first-order chi connectivity index (χ1) is 6.74. The summed E-state index contributed by atoms with van der Waals surface area (Å²) in [5.41, 5.74) is 0. The zero-order valence-electron chi connectivity index (χ0n) is 8.29. The molecule has 0 rings (SSSR count). The Balaban J connectivity index is 4.24. The van der Waals surface area contributed by atoms with Crippen LogP contribution in [0.5, 0.6) is 0 Å². The number of nitrogens with zero attached hydrogens (tertiary/aromatic N) is 1. The van der Waals surface area contributed by atoms with Gasteiger partial charge in [0.25, 0.3) is 0 Å². The molecule has 0 amide bonds. The normalized spacial score (nSPS) is 14.3. The molecule has 0 saturated carbocycles. The number of rotatable bonds is 6. The summed E-state index contributed by atoms with van der Waals surface area (Å²) in [6, 6.07) is 0. The second-order valence-electron chi connectivity index (χ2n) is 3.47. The van der Waals surface area contributed by atoms with E-state index in [2.05, 4.69) is 0 Å². The van der Waals surface area contributed by atoms with Crippen molar-refractivity contribution in [2.75, 3.05) is 26.2 Å². The molecular formula is C8H14F3NO3. The fourth-order valence-electron chi connectivity index (χ4n) is 1.13. The molecule has 0 aromatic rings. The SMILES string of the molecule is CC(CO)CN(CC(=O)O)CC(F)(F)F. The highest BCUT2D eigenvalue weighted by atomic mass is 19.4. The zero-order valence-corrected chi connectivity index (χ0v) is 8.29. The van der Waals surface area contributed by atoms with E-state index >= 15 is 0 Å². The van der Waals surface area contributed by atoms with E-state index in [1.165, 1.54) is 0 Å². The van der Waals surface area contributed by atoms with Gasteiger partial charge >= 0.3 is 12.1 Å². The molecule has 0 heterocycles. The molecular weight excluding hydrogens is 215 g/mol. The van der Waals surface area contributed by atoms with Gasteiger partial charge in [0, 0.05) is 13.2 Å². The summed E-state index contributed by atoms with van der Waals surface area (Å²) in [4.78, 5) is 11.0. The molecule has 7 heteroatoms. The minimum absolute atomic E-state index is 0.0949. The molecule has 0 aromatic carbocycles. The summed E-state index contributed by atoms with van der Waals surface area (Å²) in [5.74, 6) is -1.70. The summed E-state index contributed by atoms with van der Waals surface area (Å²) in [6.07, 6.45) is -4.43. The largest absolute Gasteiger partial charge is 0.480 e. The van der Waals surface area contributed by atoms with Crippen LogP contribution in [0.4, 0.5) is 13.2 Å². The number of carbonyl (C=O) groups is 1. The number of aliphatic hydroxyl groups is 1. The minimum atomic E-state index is -4.43. The average Bonchev–Trinajstić information content (AvgIpc) is 1.99.